The molecule has 2 aromatic heterocycles. The lowest BCUT2D eigenvalue weighted by Gasteiger charge is -2.03. The van der Waals surface area contributed by atoms with Crippen molar-refractivity contribution in [1.29, 1.82) is 0 Å². The zero-order valence-electron chi connectivity index (χ0n) is 9.80. The van der Waals surface area contributed by atoms with Crippen LogP contribution in [0.5, 0.6) is 5.75 Å². The zero-order chi connectivity index (χ0) is 12.1. The van der Waals surface area contributed by atoms with E-state index >= 15 is 0 Å². The Labute approximate surface area is 104 Å². The van der Waals surface area contributed by atoms with Crippen molar-refractivity contribution in [2.45, 2.75) is 13.3 Å². The number of thiazole rings is 1. The van der Waals surface area contributed by atoms with Crippen LogP contribution in [-0.4, -0.2) is 28.6 Å². The van der Waals surface area contributed by atoms with Crippen molar-refractivity contribution in [2.75, 3.05) is 19.0 Å². The van der Waals surface area contributed by atoms with E-state index in [9.17, 15) is 0 Å². The minimum Gasteiger partial charge on any atom is -0.494 e. The highest BCUT2D eigenvalue weighted by atomic mass is 32.1. The Morgan fingerprint density at radius 3 is 2.71 bits per heavy atom. The smallest absolute Gasteiger partial charge is 0.222 e. The molecule has 0 saturated carbocycles. The van der Waals surface area contributed by atoms with E-state index in [1.54, 1.807) is 30.8 Å². The van der Waals surface area contributed by atoms with E-state index < -0.39 is 0 Å². The molecule has 0 atom stereocenters. The van der Waals surface area contributed by atoms with Crippen LogP contribution in [0.1, 0.15) is 10.7 Å². The Balaban J connectivity index is 1.81. The van der Waals surface area contributed by atoms with E-state index in [1.807, 2.05) is 6.92 Å². The van der Waals surface area contributed by atoms with Gasteiger partial charge in [-0.25, -0.2) is 15.0 Å². The normalized spacial score (nSPS) is 10.2. The van der Waals surface area contributed by atoms with E-state index in [0.717, 1.165) is 23.7 Å². The van der Waals surface area contributed by atoms with E-state index in [-0.39, 0.29) is 0 Å². The molecule has 0 aliphatic carbocycles. The van der Waals surface area contributed by atoms with Gasteiger partial charge in [-0.1, -0.05) is 0 Å². The van der Waals surface area contributed by atoms with Crippen molar-refractivity contribution in [1.82, 2.24) is 15.0 Å². The number of nitrogens with one attached hydrogen (secondary N) is 1. The molecule has 0 bridgehead atoms. The fourth-order valence-electron chi connectivity index (χ4n) is 1.31. The fourth-order valence-corrected chi connectivity index (χ4v) is 2.09. The Morgan fingerprint density at radius 2 is 2.12 bits per heavy atom. The maximum atomic E-state index is 4.98. The van der Waals surface area contributed by atoms with Crippen LogP contribution in [0.4, 0.5) is 5.95 Å². The van der Waals surface area contributed by atoms with Crippen molar-refractivity contribution < 1.29 is 4.74 Å². The Bertz CT molecular complexity index is 469. The lowest BCUT2D eigenvalue weighted by atomic mass is 10.4. The van der Waals surface area contributed by atoms with Gasteiger partial charge in [0.05, 0.1) is 24.5 Å². The summed E-state index contributed by atoms with van der Waals surface area (Å²) in [6.45, 7) is 2.78. The first kappa shape index (κ1) is 11.8. The second kappa shape index (κ2) is 5.58. The molecule has 1 N–H and O–H groups in total. The molecule has 6 heteroatoms. The third-order valence-electron chi connectivity index (χ3n) is 2.15. The van der Waals surface area contributed by atoms with Crippen molar-refractivity contribution in [3.05, 3.63) is 28.5 Å². The van der Waals surface area contributed by atoms with Crippen LogP contribution in [0.25, 0.3) is 0 Å². The van der Waals surface area contributed by atoms with Crippen LogP contribution in [0.3, 0.4) is 0 Å². The quantitative estimate of drug-likeness (QED) is 0.878. The molecule has 0 unspecified atom stereocenters. The number of anilines is 1. The second-order valence-electron chi connectivity index (χ2n) is 3.51. The molecular weight excluding hydrogens is 236 g/mol. The molecular formula is C11H14N4OS. The summed E-state index contributed by atoms with van der Waals surface area (Å²) >= 11 is 1.68. The predicted octanol–water partition coefficient (Wildman–Crippen LogP) is 1.90. The average Bonchev–Trinajstić information content (AvgIpc) is 2.76. The average molecular weight is 250 g/mol. The number of hydrogen-bond acceptors (Lipinski definition) is 6. The number of methoxy groups -OCH3 is 1. The summed E-state index contributed by atoms with van der Waals surface area (Å²) in [4.78, 5) is 12.6. The van der Waals surface area contributed by atoms with Crippen LogP contribution in [0.2, 0.25) is 0 Å². The summed E-state index contributed by atoms with van der Waals surface area (Å²) in [6.07, 6.45) is 4.17. The summed E-state index contributed by atoms with van der Waals surface area (Å²) in [5.41, 5.74) is 1.07. The molecule has 0 amide bonds. The lowest BCUT2D eigenvalue weighted by Crippen LogP contribution is -2.07. The van der Waals surface area contributed by atoms with Crippen molar-refractivity contribution in [3.8, 4) is 5.75 Å². The zero-order valence-corrected chi connectivity index (χ0v) is 10.6. The highest BCUT2D eigenvalue weighted by Crippen LogP contribution is 2.10. The van der Waals surface area contributed by atoms with E-state index in [2.05, 4.69) is 25.6 Å². The lowest BCUT2D eigenvalue weighted by molar-refractivity contribution is 0.411. The predicted molar refractivity (Wildman–Crippen MR) is 67.6 cm³/mol. The number of aromatic nitrogens is 3. The van der Waals surface area contributed by atoms with Crippen LogP contribution < -0.4 is 10.1 Å². The van der Waals surface area contributed by atoms with Gasteiger partial charge in [0.1, 0.15) is 0 Å². The molecule has 0 fully saturated rings. The van der Waals surface area contributed by atoms with Crippen molar-refractivity contribution in [3.63, 3.8) is 0 Å². The highest BCUT2D eigenvalue weighted by molar-refractivity contribution is 7.09. The first-order valence-electron chi connectivity index (χ1n) is 5.29. The summed E-state index contributed by atoms with van der Waals surface area (Å²) in [6, 6.07) is 0. The number of hydrogen-bond donors (Lipinski definition) is 1. The molecule has 0 aliphatic heterocycles. The molecule has 0 saturated heterocycles. The van der Waals surface area contributed by atoms with Crippen LogP contribution in [-0.2, 0) is 6.42 Å². The molecule has 2 aromatic rings. The third kappa shape index (κ3) is 3.39. The molecule has 2 heterocycles. The molecule has 0 aromatic carbocycles. The largest absolute Gasteiger partial charge is 0.494 e. The summed E-state index contributed by atoms with van der Waals surface area (Å²) in [5, 5.41) is 6.33. The standard InChI is InChI=1S/C11H14N4OS/c1-8-7-17-10(15-8)3-4-12-11-13-5-9(16-2)6-14-11/h5-7H,3-4H2,1-2H3,(H,12,13,14). The summed E-state index contributed by atoms with van der Waals surface area (Å²) < 4.78 is 4.98. The Hall–Kier alpha value is -1.69. The van der Waals surface area contributed by atoms with Gasteiger partial charge in [0.25, 0.3) is 0 Å². The maximum Gasteiger partial charge on any atom is 0.222 e. The van der Waals surface area contributed by atoms with E-state index in [4.69, 9.17) is 4.74 Å². The topological polar surface area (TPSA) is 59.9 Å². The van der Waals surface area contributed by atoms with Gasteiger partial charge in [-0.2, -0.15) is 0 Å². The number of rotatable bonds is 5. The van der Waals surface area contributed by atoms with E-state index in [0.29, 0.717) is 11.7 Å². The molecule has 17 heavy (non-hydrogen) atoms. The first-order valence-corrected chi connectivity index (χ1v) is 6.17. The highest BCUT2D eigenvalue weighted by Gasteiger charge is 2.00. The minimum absolute atomic E-state index is 0.610. The van der Waals surface area contributed by atoms with Crippen LogP contribution >= 0.6 is 11.3 Å². The van der Waals surface area contributed by atoms with Gasteiger partial charge >= 0.3 is 0 Å². The van der Waals surface area contributed by atoms with Gasteiger partial charge in [-0.3, -0.25) is 0 Å². The van der Waals surface area contributed by atoms with Gasteiger partial charge in [0, 0.05) is 24.0 Å². The van der Waals surface area contributed by atoms with E-state index in [1.165, 1.54) is 0 Å². The number of nitrogens with zero attached hydrogens (tertiary/aromatic N) is 3. The summed E-state index contributed by atoms with van der Waals surface area (Å²) in [7, 11) is 1.59. The van der Waals surface area contributed by atoms with Crippen LogP contribution in [0, 0.1) is 6.92 Å². The summed E-state index contributed by atoms with van der Waals surface area (Å²) in [5.74, 6) is 1.27. The van der Waals surface area contributed by atoms with Gasteiger partial charge in [-0.15, -0.1) is 11.3 Å². The maximum absolute atomic E-state index is 4.98. The Kier molecular flexibility index (Phi) is 3.87. The number of aryl methyl sites for hydroxylation is 1. The molecule has 90 valence electrons. The minimum atomic E-state index is 0.610. The molecule has 5 nitrogen and oxygen atoms in total. The molecule has 0 spiro atoms. The SMILES string of the molecule is COc1cnc(NCCc2nc(C)cs2)nc1. The van der Waals surface area contributed by atoms with Crippen LogP contribution in [0.15, 0.2) is 17.8 Å². The second-order valence-corrected chi connectivity index (χ2v) is 4.45. The third-order valence-corrected chi connectivity index (χ3v) is 3.18. The molecule has 2 rings (SSSR count). The van der Waals surface area contributed by atoms with Crippen molar-refractivity contribution in [2.24, 2.45) is 0 Å². The number of ether oxygens (including phenoxy) is 1. The monoisotopic (exact) mass is 250 g/mol. The fraction of sp³-hybridized carbons (Fsp3) is 0.364. The van der Waals surface area contributed by atoms with Gasteiger partial charge in [0.2, 0.25) is 5.95 Å². The Morgan fingerprint density at radius 1 is 1.35 bits per heavy atom. The van der Waals surface area contributed by atoms with Gasteiger partial charge in [-0.05, 0) is 6.92 Å². The van der Waals surface area contributed by atoms with Gasteiger partial charge in [0.15, 0.2) is 5.75 Å². The molecule has 0 aliphatic rings. The first-order chi connectivity index (χ1) is 8.28. The molecule has 0 radical (unpaired) electrons. The van der Waals surface area contributed by atoms with Crippen molar-refractivity contribution >= 4 is 17.3 Å². The van der Waals surface area contributed by atoms with Gasteiger partial charge < -0.3 is 10.1 Å².